The first kappa shape index (κ1) is 15.1. The highest BCUT2D eigenvalue weighted by atomic mass is 16.5. The van der Waals surface area contributed by atoms with E-state index in [9.17, 15) is 9.90 Å². The molecule has 1 aromatic heterocycles. The molecule has 0 aliphatic rings. The molecular formula is C16H20N2O3. The Hall–Kier alpha value is -2.30. The van der Waals surface area contributed by atoms with E-state index < -0.39 is 5.97 Å². The second-order valence-electron chi connectivity index (χ2n) is 5.17. The van der Waals surface area contributed by atoms with E-state index >= 15 is 0 Å². The number of nitrogens with zero attached hydrogens (tertiary/aromatic N) is 2. The summed E-state index contributed by atoms with van der Waals surface area (Å²) in [6, 6.07) is 7.73. The molecule has 0 bridgehead atoms. The van der Waals surface area contributed by atoms with Gasteiger partial charge in [0, 0.05) is 7.05 Å². The molecule has 1 heterocycles. The van der Waals surface area contributed by atoms with Gasteiger partial charge in [0.25, 0.3) is 0 Å². The maximum Gasteiger partial charge on any atom is 0.343 e. The Morgan fingerprint density at radius 2 is 2.00 bits per heavy atom. The minimum absolute atomic E-state index is 0.100. The maximum atomic E-state index is 11.3. The summed E-state index contributed by atoms with van der Waals surface area (Å²) < 4.78 is 7.16. The Morgan fingerprint density at radius 1 is 1.38 bits per heavy atom. The predicted molar refractivity (Wildman–Crippen MR) is 80.1 cm³/mol. The van der Waals surface area contributed by atoms with Crippen molar-refractivity contribution in [3.8, 4) is 11.6 Å². The molecule has 1 N–H and O–H groups in total. The summed E-state index contributed by atoms with van der Waals surface area (Å²) >= 11 is 0. The number of benzene rings is 1. The maximum absolute atomic E-state index is 11.3. The molecule has 5 nitrogen and oxygen atoms in total. The fourth-order valence-electron chi connectivity index (χ4n) is 2.21. The van der Waals surface area contributed by atoms with Crippen molar-refractivity contribution in [1.82, 2.24) is 9.78 Å². The van der Waals surface area contributed by atoms with E-state index in [4.69, 9.17) is 4.74 Å². The minimum atomic E-state index is -1.04. The Bertz CT molecular complexity index is 644. The molecule has 112 valence electrons. The van der Waals surface area contributed by atoms with Crippen LogP contribution in [-0.2, 0) is 7.05 Å². The molecule has 0 amide bonds. The number of aromatic carboxylic acids is 1. The molecule has 1 atom stereocenters. The zero-order valence-corrected chi connectivity index (χ0v) is 12.8. The molecule has 2 aromatic rings. The molecule has 0 spiro atoms. The summed E-state index contributed by atoms with van der Waals surface area (Å²) in [5.74, 6) is 0.309. The lowest BCUT2D eigenvalue weighted by atomic mass is 9.99. The summed E-state index contributed by atoms with van der Waals surface area (Å²) in [5, 5.41) is 13.4. The van der Waals surface area contributed by atoms with Crippen LogP contribution in [0, 0.1) is 6.92 Å². The van der Waals surface area contributed by atoms with Crippen LogP contribution in [0.1, 0.15) is 47.8 Å². The summed E-state index contributed by atoms with van der Waals surface area (Å²) in [4.78, 5) is 11.3. The standard InChI is InChI=1S/C16H20N2O3/c1-5-10(2)12-6-8-13(9-7-12)21-15-14(16(19)20)11(3)17-18(15)4/h6-10H,5H2,1-4H3,(H,19,20). The molecule has 0 aliphatic heterocycles. The van der Waals surface area contributed by atoms with E-state index in [0.29, 0.717) is 17.4 Å². The number of hydrogen-bond donors (Lipinski definition) is 1. The number of carboxylic acid groups (broad SMARTS) is 1. The second kappa shape index (κ2) is 5.99. The van der Waals surface area contributed by atoms with Gasteiger partial charge in [-0.3, -0.25) is 0 Å². The number of aryl methyl sites for hydroxylation is 2. The van der Waals surface area contributed by atoms with Gasteiger partial charge in [-0.25, -0.2) is 9.48 Å². The van der Waals surface area contributed by atoms with Crippen LogP contribution in [0.4, 0.5) is 0 Å². The number of hydrogen-bond acceptors (Lipinski definition) is 3. The van der Waals surface area contributed by atoms with Crippen molar-refractivity contribution in [1.29, 1.82) is 0 Å². The second-order valence-corrected chi connectivity index (χ2v) is 5.17. The van der Waals surface area contributed by atoms with Crippen molar-refractivity contribution >= 4 is 5.97 Å². The molecule has 0 radical (unpaired) electrons. The van der Waals surface area contributed by atoms with Crippen LogP contribution < -0.4 is 4.74 Å². The highest BCUT2D eigenvalue weighted by Crippen LogP contribution is 2.28. The Kier molecular flexibility index (Phi) is 4.31. The third kappa shape index (κ3) is 3.07. The summed E-state index contributed by atoms with van der Waals surface area (Å²) in [6.45, 7) is 5.97. The van der Waals surface area contributed by atoms with Gasteiger partial charge in [0.05, 0.1) is 5.69 Å². The quantitative estimate of drug-likeness (QED) is 0.910. The Labute approximate surface area is 124 Å². The number of rotatable bonds is 5. The lowest BCUT2D eigenvalue weighted by Crippen LogP contribution is -2.02. The van der Waals surface area contributed by atoms with Crippen LogP contribution in [0.15, 0.2) is 24.3 Å². The van der Waals surface area contributed by atoms with Crippen molar-refractivity contribution in [2.75, 3.05) is 0 Å². The van der Waals surface area contributed by atoms with Crippen LogP contribution in [-0.4, -0.2) is 20.9 Å². The van der Waals surface area contributed by atoms with Gasteiger partial charge in [0.2, 0.25) is 5.88 Å². The average molecular weight is 288 g/mol. The number of carboxylic acids is 1. The molecule has 0 saturated carbocycles. The highest BCUT2D eigenvalue weighted by molar-refractivity contribution is 5.91. The first-order valence-corrected chi connectivity index (χ1v) is 6.98. The molecular weight excluding hydrogens is 268 g/mol. The Balaban J connectivity index is 2.28. The number of ether oxygens (including phenoxy) is 1. The van der Waals surface area contributed by atoms with E-state index in [0.717, 1.165) is 6.42 Å². The molecule has 0 fully saturated rings. The first-order valence-electron chi connectivity index (χ1n) is 6.98. The zero-order valence-electron chi connectivity index (χ0n) is 12.8. The van der Waals surface area contributed by atoms with Crippen LogP contribution in [0.25, 0.3) is 0 Å². The third-order valence-corrected chi connectivity index (χ3v) is 3.66. The normalized spacial score (nSPS) is 12.2. The van der Waals surface area contributed by atoms with Gasteiger partial charge >= 0.3 is 5.97 Å². The van der Waals surface area contributed by atoms with Crippen LogP contribution in [0.5, 0.6) is 11.6 Å². The highest BCUT2D eigenvalue weighted by Gasteiger charge is 2.21. The fourth-order valence-corrected chi connectivity index (χ4v) is 2.21. The molecule has 0 aliphatic carbocycles. The molecule has 1 unspecified atom stereocenters. The van der Waals surface area contributed by atoms with E-state index in [2.05, 4.69) is 18.9 Å². The van der Waals surface area contributed by atoms with Gasteiger partial charge in [-0.2, -0.15) is 5.10 Å². The zero-order chi connectivity index (χ0) is 15.6. The van der Waals surface area contributed by atoms with E-state index in [1.807, 2.05) is 24.3 Å². The molecule has 0 saturated heterocycles. The monoisotopic (exact) mass is 288 g/mol. The summed E-state index contributed by atoms with van der Waals surface area (Å²) in [5.41, 5.74) is 1.78. The molecule has 2 rings (SSSR count). The van der Waals surface area contributed by atoms with Crippen LogP contribution in [0.3, 0.4) is 0 Å². The SMILES string of the molecule is CCC(C)c1ccc(Oc2c(C(=O)O)c(C)nn2C)cc1. The van der Waals surface area contributed by atoms with Gasteiger partial charge in [0.1, 0.15) is 11.3 Å². The topological polar surface area (TPSA) is 64.3 Å². The summed E-state index contributed by atoms with van der Waals surface area (Å²) in [7, 11) is 1.67. The van der Waals surface area contributed by atoms with Crippen LogP contribution >= 0.6 is 0 Å². The van der Waals surface area contributed by atoms with Crippen LogP contribution in [0.2, 0.25) is 0 Å². The lowest BCUT2D eigenvalue weighted by Gasteiger charge is -2.11. The summed E-state index contributed by atoms with van der Waals surface area (Å²) in [6.07, 6.45) is 1.07. The fraction of sp³-hybridized carbons (Fsp3) is 0.375. The van der Waals surface area contributed by atoms with Gasteiger partial charge in [0.15, 0.2) is 0 Å². The molecule has 5 heteroatoms. The van der Waals surface area contributed by atoms with Crippen molar-refractivity contribution in [2.45, 2.75) is 33.1 Å². The number of carbonyl (C=O) groups is 1. The number of aromatic nitrogens is 2. The first-order chi connectivity index (χ1) is 9.93. The molecule has 21 heavy (non-hydrogen) atoms. The van der Waals surface area contributed by atoms with Crippen molar-refractivity contribution in [3.63, 3.8) is 0 Å². The van der Waals surface area contributed by atoms with Gasteiger partial charge in [-0.1, -0.05) is 26.0 Å². The van der Waals surface area contributed by atoms with Crippen molar-refractivity contribution in [2.24, 2.45) is 7.05 Å². The Morgan fingerprint density at radius 3 is 2.52 bits per heavy atom. The van der Waals surface area contributed by atoms with Gasteiger partial charge in [-0.05, 0) is 37.0 Å². The average Bonchev–Trinajstić information content (AvgIpc) is 2.73. The predicted octanol–water partition coefficient (Wildman–Crippen LogP) is 3.73. The molecule has 1 aromatic carbocycles. The van der Waals surface area contributed by atoms with Crippen molar-refractivity contribution in [3.05, 3.63) is 41.1 Å². The smallest absolute Gasteiger partial charge is 0.343 e. The lowest BCUT2D eigenvalue weighted by molar-refractivity contribution is 0.0693. The van der Waals surface area contributed by atoms with Gasteiger partial charge in [-0.15, -0.1) is 0 Å². The van der Waals surface area contributed by atoms with Crippen molar-refractivity contribution < 1.29 is 14.6 Å². The van der Waals surface area contributed by atoms with E-state index in [-0.39, 0.29) is 11.4 Å². The largest absolute Gasteiger partial charge is 0.477 e. The van der Waals surface area contributed by atoms with E-state index in [1.165, 1.54) is 10.2 Å². The van der Waals surface area contributed by atoms with E-state index in [1.54, 1.807) is 14.0 Å². The third-order valence-electron chi connectivity index (χ3n) is 3.66. The minimum Gasteiger partial charge on any atom is -0.477 e. The van der Waals surface area contributed by atoms with Gasteiger partial charge < -0.3 is 9.84 Å².